The van der Waals surface area contributed by atoms with E-state index in [1.54, 1.807) is 11.8 Å². The molecule has 1 fully saturated rings. The maximum Gasteiger partial charge on any atom is 0.137 e. The van der Waals surface area contributed by atoms with Gasteiger partial charge in [-0.3, -0.25) is 4.79 Å². The van der Waals surface area contributed by atoms with Crippen LogP contribution < -0.4 is 0 Å². The Morgan fingerprint density at radius 3 is 2.67 bits per heavy atom. The molecule has 0 amide bonds. The van der Waals surface area contributed by atoms with Crippen LogP contribution in [0.1, 0.15) is 33.1 Å². The van der Waals surface area contributed by atoms with Crippen molar-refractivity contribution in [2.45, 2.75) is 43.1 Å². The molecule has 1 rings (SSSR count). The number of ketones is 1. The first-order chi connectivity index (χ1) is 5.62. The number of Topliss-reactive ketones (excluding diaryl/α,β-unsaturated/α-hetero) is 1. The Labute approximate surface area is 77.3 Å². The molecule has 0 N–H and O–H groups in total. The summed E-state index contributed by atoms with van der Waals surface area (Å²) in [5.74, 6) is 0.229. The number of nitrogens with zero attached hydrogens (tertiary/aromatic N) is 1. The van der Waals surface area contributed by atoms with E-state index in [1.165, 1.54) is 0 Å². The maximum absolute atomic E-state index is 10.8. The summed E-state index contributed by atoms with van der Waals surface area (Å²) in [5.41, 5.74) is 0. The van der Waals surface area contributed by atoms with Crippen molar-refractivity contribution in [3.8, 4) is 6.07 Å². The van der Waals surface area contributed by atoms with E-state index in [2.05, 4.69) is 19.9 Å². The average molecular weight is 183 g/mol. The van der Waals surface area contributed by atoms with Crippen molar-refractivity contribution >= 4 is 17.5 Å². The van der Waals surface area contributed by atoms with Gasteiger partial charge in [0.2, 0.25) is 0 Å². The lowest BCUT2D eigenvalue weighted by Crippen LogP contribution is -2.41. The predicted molar refractivity (Wildman–Crippen MR) is 49.9 cm³/mol. The highest BCUT2D eigenvalue weighted by Gasteiger charge is 2.45. The number of rotatable bonds is 3. The maximum atomic E-state index is 10.8. The Bertz CT molecular complexity index is 223. The minimum atomic E-state index is -0.369. The van der Waals surface area contributed by atoms with Crippen molar-refractivity contribution in [1.29, 1.82) is 5.26 Å². The van der Waals surface area contributed by atoms with Crippen molar-refractivity contribution < 1.29 is 4.79 Å². The van der Waals surface area contributed by atoms with Crippen LogP contribution in [0.2, 0.25) is 0 Å². The zero-order valence-corrected chi connectivity index (χ0v) is 8.28. The third kappa shape index (κ3) is 1.81. The van der Waals surface area contributed by atoms with Gasteiger partial charge in [0.1, 0.15) is 10.5 Å². The van der Waals surface area contributed by atoms with E-state index in [4.69, 9.17) is 5.26 Å². The number of hydrogen-bond acceptors (Lipinski definition) is 3. The van der Waals surface area contributed by atoms with Gasteiger partial charge in [0, 0.05) is 18.1 Å². The van der Waals surface area contributed by atoms with Gasteiger partial charge in [0.05, 0.1) is 6.07 Å². The fourth-order valence-corrected chi connectivity index (χ4v) is 2.72. The Kier molecular flexibility index (Phi) is 2.79. The third-order valence-electron chi connectivity index (χ3n) is 2.17. The molecule has 0 aliphatic heterocycles. The number of nitriles is 1. The zero-order valence-electron chi connectivity index (χ0n) is 7.46. The van der Waals surface area contributed by atoms with Crippen LogP contribution in [0.25, 0.3) is 0 Å². The van der Waals surface area contributed by atoms with Crippen LogP contribution in [0.5, 0.6) is 0 Å². The number of thioether (sulfide) groups is 1. The number of hydrogen-bond donors (Lipinski definition) is 0. The largest absolute Gasteiger partial charge is 0.300 e. The molecule has 1 aliphatic carbocycles. The summed E-state index contributed by atoms with van der Waals surface area (Å²) in [4.78, 5) is 10.8. The van der Waals surface area contributed by atoms with Crippen molar-refractivity contribution in [3.63, 3.8) is 0 Å². The molecule has 0 radical (unpaired) electrons. The number of carbonyl (C=O) groups excluding carboxylic acids is 1. The molecule has 0 aromatic heterocycles. The molecular formula is C9H13NOS. The Morgan fingerprint density at radius 1 is 1.75 bits per heavy atom. The summed E-state index contributed by atoms with van der Waals surface area (Å²) in [6.07, 6.45) is 1.97. The summed E-state index contributed by atoms with van der Waals surface area (Å²) >= 11 is 1.66. The van der Waals surface area contributed by atoms with E-state index in [0.717, 1.165) is 6.42 Å². The van der Waals surface area contributed by atoms with E-state index in [1.807, 2.05) is 0 Å². The van der Waals surface area contributed by atoms with Crippen LogP contribution >= 0.6 is 11.8 Å². The van der Waals surface area contributed by atoms with Gasteiger partial charge in [-0.25, -0.2) is 0 Å². The minimum absolute atomic E-state index is 0.229. The van der Waals surface area contributed by atoms with Gasteiger partial charge >= 0.3 is 0 Å². The topological polar surface area (TPSA) is 40.9 Å². The fourth-order valence-electron chi connectivity index (χ4n) is 1.24. The molecule has 0 aromatic rings. The Morgan fingerprint density at radius 2 is 2.33 bits per heavy atom. The van der Waals surface area contributed by atoms with Crippen molar-refractivity contribution in [1.82, 2.24) is 0 Å². The van der Waals surface area contributed by atoms with Crippen molar-refractivity contribution in [2.24, 2.45) is 0 Å². The van der Waals surface area contributed by atoms with Gasteiger partial charge in [-0.1, -0.05) is 13.8 Å². The second-order valence-electron chi connectivity index (χ2n) is 3.34. The smallest absolute Gasteiger partial charge is 0.137 e. The fraction of sp³-hybridized carbons (Fsp3) is 0.778. The van der Waals surface area contributed by atoms with E-state index < -0.39 is 0 Å². The molecule has 0 aromatic carbocycles. The molecule has 0 bridgehead atoms. The highest BCUT2D eigenvalue weighted by molar-refractivity contribution is 8.01. The molecule has 0 heterocycles. The second-order valence-corrected chi connectivity index (χ2v) is 5.16. The first-order valence-corrected chi connectivity index (χ1v) is 5.10. The normalized spacial score (nSPS) is 22.6. The quantitative estimate of drug-likeness (QED) is 0.673. The van der Waals surface area contributed by atoms with E-state index in [0.29, 0.717) is 18.1 Å². The Balaban J connectivity index is 2.49. The molecule has 1 atom stereocenters. The molecule has 0 saturated heterocycles. The first-order valence-electron chi connectivity index (χ1n) is 4.22. The lowest BCUT2D eigenvalue weighted by molar-refractivity contribution is -0.124. The van der Waals surface area contributed by atoms with E-state index in [-0.39, 0.29) is 10.5 Å². The minimum Gasteiger partial charge on any atom is -0.300 e. The van der Waals surface area contributed by atoms with E-state index >= 15 is 0 Å². The van der Waals surface area contributed by atoms with Crippen LogP contribution in [0.15, 0.2) is 0 Å². The molecule has 12 heavy (non-hydrogen) atoms. The molecule has 2 nitrogen and oxygen atoms in total. The van der Waals surface area contributed by atoms with Crippen LogP contribution in [-0.4, -0.2) is 15.8 Å². The molecule has 1 aliphatic rings. The molecule has 3 heteroatoms. The summed E-state index contributed by atoms with van der Waals surface area (Å²) in [6, 6.07) is 2.25. The summed E-state index contributed by atoms with van der Waals surface area (Å²) in [7, 11) is 0. The molecular weight excluding hydrogens is 170 g/mol. The number of carbonyl (C=O) groups is 1. The standard InChI is InChI=1S/C9H13NOS/c1-3-7(2)12-9(6-10)4-8(11)5-9/h7H,3-5H2,1-2H3. The first kappa shape index (κ1) is 9.60. The van der Waals surface area contributed by atoms with Crippen LogP contribution in [0, 0.1) is 11.3 Å². The van der Waals surface area contributed by atoms with Gasteiger partial charge < -0.3 is 0 Å². The van der Waals surface area contributed by atoms with Gasteiger partial charge in [0.25, 0.3) is 0 Å². The summed E-state index contributed by atoms with van der Waals surface area (Å²) < 4.78 is -0.369. The summed E-state index contributed by atoms with van der Waals surface area (Å²) in [5, 5.41) is 9.36. The van der Waals surface area contributed by atoms with Crippen molar-refractivity contribution in [3.05, 3.63) is 0 Å². The van der Waals surface area contributed by atoms with Crippen LogP contribution in [0.3, 0.4) is 0 Å². The van der Waals surface area contributed by atoms with Gasteiger partial charge in [-0.2, -0.15) is 5.26 Å². The van der Waals surface area contributed by atoms with Crippen LogP contribution in [0.4, 0.5) is 0 Å². The highest BCUT2D eigenvalue weighted by Crippen LogP contribution is 2.43. The van der Waals surface area contributed by atoms with Gasteiger partial charge in [-0.05, 0) is 6.42 Å². The van der Waals surface area contributed by atoms with Gasteiger partial charge in [0.15, 0.2) is 0 Å². The zero-order chi connectivity index (χ0) is 9.19. The average Bonchev–Trinajstić information content (AvgIpc) is 2.01. The molecule has 1 unspecified atom stereocenters. The van der Waals surface area contributed by atoms with Crippen LogP contribution in [-0.2, 0) is 4.79 Å². The predicted octanol–water partition coefficient (Wildman–Crippen LogP) is 2.14. The summed E-state index contributed by atoms with van der Waals surface area (Å²) in [6.45, 7) is 4.20. The highest BCUT2D eigenvalue weighted by atomic mass is 32.2. The van der Waals surface area contributed by atoms with Gasteiger partial charge in [-0.15, -0.1) is 11.8 Å². The lowest BCUT2D eigenvalue weighted by atomic mass is 9.84. The Hall–Kier alpha value is -0.490. The molecule has 1 saturated carbocycles. The van der Waals surface area contributed by atoms with E-state index in [9.17, 15) is 4.79 Å². The van der Waals surface area contributed by atoms with Crippen molar-refractivity contribution in [2.75, 3.05) is 0 Å². The third-order valence-corrected chi connectivity index (χ3v) is 3.74. The second kappa shape index (κ2) is 3.49. The lowest BCUT2D eigenvalue weighted by Gasteiger charge is -2.34. The molecule has 66 valence electrons. The monoisotopic (exact) mass is 183 g/mol. The molecule has 0 spiro atoms. The SMILES string of the molecule is CCC(C)SC1(C#N)CC(=O)C1.